The van der Waals surface area contributed by atoms with E-state index in [1.807, 2.05) is 19.0 Å². The molecule has 0 radical (unpaired) electrons. The van der Waals surface area contributed by atoms with Gasteiger partial charge in [0.2, 0.25) is 10.0 Å². The molecule has 1 atom stereocenters. The van der Waals surface area contributed by atoms with Gasteiger partial charge in [-0.05, 0) is 33.5 Å². The lowest BCUT2D eigenvalue weighted by Gasteiger charge is -2.23. The maximum absolute atomic E-state index is 11.8. The second kappa shape index (κ2) is 8.02. The van der Waals surface area contributed by atoms with Gasteiger partial charge in [-0.1, -0.05) is 13.8 Å². The Morgan fingerprint density at radius 2 is 1.82 bits per heavy atom. The zero-order valence-corrected chi connectivity index (χ0v) is 12.5. The standard InChI is InChI=1S/C11H27N3O2S/c1-10(2)8-11(9-14(4)5)13-17(15,16)7-6-12-3/h10-13H,6-9H2,1-5H3. The Bertz CT molecular complexity index is 279. The third-order valence-corrected chi connectivity index (χ3v) is 3.74. The second-order valence-electron chi connectivity index (χ2n) is 5.13. The molecule has 0 amide bonds. The molecule has 0 aromatic carbocycles. The first-order valence-corrected chi connectivity index (χ1v) is 7.71. The Hall–Kier alpha value is -0.170. The van der Waals surface area contributed by atoms with Gasteiger partial charge in [0.25, 0.3) is 0 Å². The van der Waals surface area contributed by atoms with Crippen LogP contribution in [-0.2, 0) is 10.0 Å². The summed E-state index contributed by atoms with van der Waals surface area (Å²) in [5.41, 5.74) is 0. The van der Waals surface area contributed by atoms with E-state index in [9.17, 15) is 8.42 Å². The molecule has 104 valence electrons. The van der Waals surface area contributed by atoms with Gasteiger partial charge in [-0.15, -0.1) is 0 Å². The van der Waals surface area contributed by atoms with E-state index in [0.717, 1.165) is 13.0 Å². The minimum Gasteiger partial charge on any atom is -0.319 e. The SMILES string of the molecule is CNCCS(=O)(=O)NC(CC(C)C)CN(C)C. The van der Waals surface area contributed by atoms with Crippen LogP contribution in [0.5, 0.6) is 0 Å². The van der Waals surface area contributed by atoms with Crippen LogP contribution < -0.4 is 10.0 Å². The fraction of sp³-hybridized carbons (Fsp3) is 1.00. The Labute approximate surface area is 106 Å². The van der Waals surface area contributed by atoms with E-state index in [2.05, 4.69) is 23.9 Å². The van der Waals surface area contributed by atoms with E-state index >= 15 is 0 Å². The van der Waals surface area contributed by atoms with Gasteiger partial charge in [-0.3, -0.25) is 0 Å². The number of hydrogen-bond donors (Lipinski definition) is 2. The lowest BCUT2D eigenvalue weighted by molar-refractivity contribution is 0.329. The van der Waals surface area contributed by atoms with Crippen LogP contribution in [0.2, 0.25) is 0 Å². The van der Waals surface area contributed by atoms with Crippen molar-refractivity contribution in [3.05, 3.63) is 0 Å². The van der Waals surface area contributed by atoms with Gasteiger partial charge >= 0.3 is 0 Å². The number of hydrogen-bond acceptors (Lipinski definition) is 4. The average molecular weight is 265 g/mol. The molecule has 0 bridgehead atoms. The first-order valence-electron chi connectivity index (χ1n) is 6.06. The number of likely N-dealkylation sites (N-methyl/N-ethyl adjacent to an activating group) is 1. The molecule has 0 aliphatic rings. The van der Waals surface area contributed by atoms with Gasteiger partial charge in [-0.25, -0.2) is 13.1 Å². The minimum atomic E-state index is -3.17. The fourth-order valence-corrected chi connectivity index (χ4v) is 2.99. The van der Waals surface area contributed by atoms with Crippen molar-refractivity contribution in [3.63, 3.8) is 0 Å². The van der Waals surface area contributed by atoms with Crippen molar-refractivity contribution in [2.45, 2.75) is 26.3 Å². The van der Waals surface area contributed by atoms with Crippen molar-refractivity contribution in [3.8, 4) is 0 Å². The summed E-state index contributed by atoms with van der Waals surface area (Å²) in [6, 6.07) is -0.00754. The minimum absolute atomic E-state index is 0.00754. The summed E-state index contributed by atoms with van der Waals surface area (Å²) in [6.45, 7) is 5.41. The monoisotopic (exact) mass is 265 g/mol. The summed E-state index contributed by atoms with van der Waals surface area (Å²) in [5.74, 6) is 0.609. The fourth-order valence-electron chi connectivity index (χ4n) is 1.72. The van der Waals surface area contributed by atoms with Crippen molar-refractivity contribution in [1.29, 1.82) is 0 Å². The van der Waals surface area contributed by atoms with Crippen molar-refractivity contribution < 1.29 is 8.42 Å². The predicted octanol–water partition coefficient (Wildman–Crippen LogP) is 0.102. The van der Waals surface area contributed by atoms with Crippen molar-refractivity contribution >= 4 is 10.0 Å². The highest BCUT2D eigenvalue weighted by atomic mass is 32.2. The van der Waals surface area contributed by atoms with Crippen LogP contribution in [0.1, 0.15) is 20.3 Å². The van der Waals surface area contributed by atoms with E-state index in [4.69, 9.17) is 0 Å². The van der Waals surface area contributed by atoms with E-state index < -0.39 is 10.0 Å². The summed E-state index contributed by atoms with van der Waals surface area (Å²) in [6.07, 6.45) is 0.858. The Morgan fingerprint density at radius 1 is 1.24 bits per heavy atom. The van der Waals surface area contributed by atoms with Crippen LogP contribution in [0.25, 0.3) is 0 Å². The lowest BCUT2D eigenvalue weighted by atomic mass is 10.0. The van der Waals surface area contributed by atoms with Gasteiger partial charge < -0.3 is 10.2 Å². The predicted molar refractivity (Wildman–Crippen MR) is 72.6 cm³/mol. The van der Waals surface area contributed by atoms with Gasteiger partial charge in [0.05, 0.1) is 5.75 Å². The number of nitrogens with one attached hydrogen (secondary N) is 2. The molecule has 17 heavy (non-hydrogen) atoms. The van der Waals surface area contributed by atoms with Crippen molar-refractivity contribution in [1.82, 2.24) is 14.9 Å². The van der Waals surface area contributed by atoms with Gasteiger partial charge in [0, 0.05) is 19.1 Å². The van der Waals surface area contributed by atoms with Gasteiger partial charge in [-0.2, -0.15) is 0 Å². The average Bonchev–Trinajstić information content (AvgIpc) is 2.11. The number of nitrogens with zero attached hydrogens (tertiary/aromatic N) is 1. The molecule has 0 saturated carbocycles. The molecule has 0 aromatic rings. The molecule has 0 heterocycles. The van der Waals surface area contributed by atoms with Crippen LogP contribution in [0.4, 0.5) is 0 Å². The molecule has 0 spiro atoms. The third kappa shape index (κ3) is 9.52. The molecular formula is C11H27N3O2S. The van der Waals surface area contributed by atoms with Gasteiger partial charge in [0.15, 0.2) is 0 Å². The maximum Gasteiger partial charge on any atom is 0.213 e. The molecule has 0 rings (SSSR count). The molecule has 0 aliphatic heterocycles. The normalized spacial score (nSPS) is 14.5. The summed E-state index contributed by atoms with van der Waals surface area (Å²) in [7, 11) is 2.48. The van der Waals surface area contributed by atoms with Crippen LogP contribution in [0.15, 0.2) is 0 Å². The highest BCUT2D eigenvalue weighted by Crippen LogP contribution is 2.06. The lowest BCUT2D eigenvalue weighted by Crippen LogP contribution is -2.44. The van der Waals surface area contributed by atoms with Gasteiger partial charge in [0.1, 0.15) is 0 Å². The summed E-state index contributed by atoms with van der Waals surface area (Å²) in [4.78, 5) is 2.01. The second-order valence-corrected chi connectivity index (χ2v) is 7.00. The molecule has 0 saturated heterocycles. The van der Waals surface area contributed by atoms with Crippen molar-refractivity contribution in [2.75, 3.05) is 40.0 Å². The molecule has 0 aliphatic carbocycles. The quantitative estimate of drug-likeness (QED) is 0.621. The topological polar surface area (TPSA) is 61.4 Å². The van der Waals surface area contributed by atoms with Crippen molar-refractivity contribution in [2.24, 2.45) is 5.92 Å². The Kier molecular flexibility index (Phi) is 7.94. The van der Waals surface area contributed by atoms with Crippen LogP contribution in [0.3, 0.4) is 0 Å². The highest BCUT2D eigenvalue weighted by molar-refractivity contribution is 7.89. The van der Waals surface area contributed by atoms with E-state index in [-0.39, 0.29) is 11.8 Å². The zero-order valence-electron chi connectivity index (χ0n) is 11.7. The van der Waals surface area contributed by atoms with Crippen LogP contribution in [-0.4, -0.2) is 59.3 Å². The number of sulfonamides is 1. The van der Waals surface area contributed by atoms with E-state index in [1.165, 1.54) is 0 Å². The Morgan fingerprint density at radius 3 is 2.24 bits per heavy atom. The summed E-state index contributed by atoms with van der Waals surface area (Å²) in [5, 5.41) is 2.85. The molecule has 6 heteroatoms. The first-order chi connectivity index (χ1) is 7.76. The largest absolute Gasteiger partial charge is 0.319 e. The third-order valence-electron chi connectivity index (χ3n) is 2.31. The highest BCUT2D eigenvalue weighted by Gasteiger charge is 2.19. The first kappa shape index (κ1) is 16.8. The molecule has 1 unspecified atom stereocenters. The molecule has 0 aromatic heterocycles. The van der Waals surface area contributed by atoms with E-state index in [0.29, 0.717) is 12.5 Å². The van der Waals surface area contributed by atoms with Crippen LogP contribution in [0, 0.1) is 5.92 Å². The Balaban J connectivity index is 4.40. The van der Waals surface area contributed by atoms with Crippen LogP contribution >= 0.6 is 0 Å². The molecular weight excluding hydrogens is 238 g/mol. The number of rotatable bonds is 9. The maximum atomic E-state index is 11.8. The zero-order chi connectivity index (χ0) is 13.5. The smallest absolute Gasteiger partial charge is 0.213 e. The molecule has 0 fully saturated rings. The molecule has 5 nitrogen and oxygen atoms in total. The summed E-state index contributed by atoms with van der Waals surface area (Å²) >= 11 is 0. The van der Waals surface area contributed by atoms with E-state index in [1.54, 1.807) is 7.05 Å². The summed E-state index contributed by atoms with van der Waals surface area (Å²) < 4.78 is 26.4. The molecule has 2 N–H and O–H groups in total.